The summed E-state index contributed by atoms with van der Waals surface area (Å²) in [4.78, 5) is 7.08. The fourth-order valence-corrected chi connectivity index (χ4v) is 3.30. The van der Waals surface area contributed by atoms with Crippen LogP contribution in [0.1, 0.15) is 40.5 Å². The van der Waals surface area contributed by atoms with E-state index in [2.05, 4.69) is 37.9 Å². The number of unbranched alkanes of at least 4 members (excludes halogenated alkanes) is 1. The van der Waals surface area contributed by atoms with Gasteiger partial charge in [0.25, 0.3) is 0 Å². The fourth-order valence-electron chi connectivity index (χ4n) is 2.19. The molecular weight excluding hydrogens is 270 g/mol. The van der Waals surface area contributed by atoms with Crippen LogP contribution in [0.3, 0.4) is 0 Å². The molecule has 4 nitrogen and oxygen atoms in total. The summed E-state index contributed by atoms with van der Waals surface area (Å²) in [6, 6.07) is 0. The van der Waals surface area contributed by atoms with Crippen molar-refractivity contribution in [2.45, 2.75) is 45.3 Å². The summed E-state index contributed by atoms with van der Waals surface area (Å²) in [5, 5.41) is 3.40. The number of hydrogen-bond donors (Lipinski definition) is 1. The molecule has 1 N–H and O–H groups in total. The molecule has 0 amide bonds. The molecule has 20 heavy (non-hydrogen) atoms. The first-order valence-corrected chi connectivity index (χ1v) is 8.82. The number of hydrogen-bond acceptors (Lipinski definition) is 3. The van der Waals surface area contributed by atoms with Crippen molar-refractivity contribution in [2.24, 2.45) is 4.99 Å². The molecule has 0 aromatic carbocycles. The standard InChI is InChI=1S/C15H31N3OS/c1-5-7-10-19-11-8-17-14(16-6-2)18-9-12-20-15(3,4)13-18/h5-13H2,1-4H3,(H,16,17). The molecule has 1 aliphatic heterocycles. The van der Waals surface area contributed by atoms with E-state index >= 15 is 0 Å². The Labute approximate surface area is 128 Å². The Morgan fingerprint density at radius 3 is 2.80 bits per heavy atom. The minimum atomic E-state index is 0.312. The van der Waals surface area contributed by atoms with Crippen molar-refractivity contribution < 1.29 is 4.74 Å². The van der Waals surface area contributed by atoms with E-state index in [9.17, 15) is 0 Å². The fraction of sp³-hybridized carbons (Fsp3) is 0.933. The van der Waals surface area contributed by atoms with Crippen LogP contribution in [0.15, 0.2) is 4.99 Å². The van der Waals surface area contributed by atoms with E-state index in [4.69, 9.17) is 9.73 Å². The van der Waals surface area contributed by atoms with Gasteiger partial charge in [-0.15, -0.1) is 0 Å². The summed E-state index contributed by atoms with van der Waals surface area (Å²) in [7, 11) is 0. The minimum absolute atomic E-state index is 0.312. The molecule has 0 radical (unpaired) electrons. The van der Waals surface area contributed by atoms with Gasteiger partial charge in [-0.1, -0.05) is 13.3 Å². The lowest BCUT2D eigenvalue weighted by Crippen LogP contribution is -2.51. The summed E-state index contributed by atoms with van der Waals surface area (Å²) in [6.07, 6.45) is 2.33. The minimum Gasteiger partial charge on any atom is -0.380 e. The van der Waals surface area contributed by atoms with Gasteiger partial charge in [0.1, 0.15) is 0 Å². The summed E-state index contributed by atoms with van der Waals surface area (Å²) < 4.78 is 5.88. The summed E-state index contributed by atoms with van der Waals surface area (Å²) in [5.74, 6) is 2.21. The van der Waals surface area contributed by atoms with Crippen LogP contribution in [0.25, 0.3) is 0 Å². The first-order valence-electron chi connectivity index (χ1n) is 7.84. The largest absolute Gasteiger partial charge is 0.380 e. The Kier molecular flexibility index (Phi) is 8.38. The van der Waals surface area contributed by atoms with E-state index < -0.39 is 0 Å². The molecule has 0 aromatic rings. The Morgan fingerprint density at radius 1 is 1.35 bits per heavy atom. The number of nitrogens with zero attached hydrogens (tertiary/aromatic N) is 2. The average Bonchev–Trinajstić information content (AvgIpc) is 2.40. The van der Waals surface area contributed by atoms with E-state index in [-0.39, 0.29) is 0 Å². The van der Waals surface area contributed by atoms with E-state index in [1.807, 2.05) is 11.8 Å². The van der Waals surface area contributed by atoms with Crippen LogP contribution in [0.4, 0.5) is 0 Å². The Bertz CT molecular complexity index is 295. The Balaban J connectivity index is 2.41. The number of aliphatic imine (C=N–C) groups is 1. The van der Waals surface area contributed by atoms with Crippen molar-refractivity contribution >= 4 is 17.7 Å². The molecule has 0 saturated carbocycles. The molecule has 0 spiro atoms. The van der Waals surface area contributed by atoms with Gasteiger partial charge in [-0.2, -0.15) is 11.8 Å². The number of ether oxygens (including phenoxy) is 1. The first kappa shape index (κ1) is 17.6. The highest BCUT2D eigenvalue weighted by Crippen LogP contribution is 2.29. The lowest BCUT2D eigenvalue weighted by Gasteiger charge is -2.39. The summed E-state index contributed by atoms with van der Waals surface area (Å²) in [6.45, 7) is 14.3. The average molecular weight is 302 g/mol. The molecule has 1 fully saturated rings. The van der Waals surface area contributed by atoms with Crippen LogP contribution in [0.5, 0.6) is 0 Å². The highest BCUT2D eigenvalue weighted by atomic mass is 32.2. The van der Waals surface area contributed by atoms with Crippen LogP contribution in [0.2, 0.25) is 0 Å². The van der Waals surface area contributed by atoms with Crippen LogP contribution < -0.4 is 5.32 Å². The topological polar surface area (TPSA) is 36.9 Å². The van der Waals surface area contributed by atoms with Gasteiger partial charge >= 0.3 is 0 Å². The third-order valence-electron chi connectivity index (χ3n) is 3.20. The first-order chi connectivity index (χ1) is 9.59. The maximum atomic E-state index is 5.57. The van der Waals surface area contributed by atoms with Gasteiger partial charge in [-0.3, -0.25) is 4.99 Å². The zero-order chi connectivity index (χ0) is 14.8. The van der Waals surface area contributed by atoms with Gasteiger partial charge in [0, 0.05) is 36.7 Å². The van der Waals surface area contributed by atoms with Gasteiger partial charge < -0.3 is 15.0 Å². The second-order valence-corrected chi connectivity index (χ2v) is 7.53. The quantitative estimate of drug-likeness (QED) is 0.445. The Hall–Kier alpha value is -0.420. The van der Waals surface area contributed by atoms with Crippen molar-refractivity contribution in [3.63, 3.8) is 0 Å². The highest BCUT2D eigenvalue weighted by Gasteiger charge is 2.28. The number of guanidine groups is 1. The maximum Gasteiger partial charge on any atom is 0.194 e. The molecule has 0 aliphatic carbocycles. The normalized spacial score (nSPS) is 19.2. The van der Waals surface area contributed by atoms with E-state index in [0.717, 1.165) is 51.8 Å². The van der Waals surface area contributed by atoms with Crippen molar-refractivity contribution in [2.75, 3.05) is 45.1 Å². The van der Waals surface area contributed by atoms with Crippen LogP contribution >= 0.6 is 11.8 Å². The van der Waals surface area contributed by atoms with Gasteiger partial charge in [0.2, 0.25) is 0 Å². The van der Waals surface area contributed by atoms with E-state index in [1.165, 1.54) is 12.2 Å². The van der Waals surface area contributed by atoms with Crippen molar-refractivity contribution in [1.82, 2.24) is 10.2 Å². The number of nitrogens with one attached hydrogen (secondary N) is 1. The molecule has 118 valence electrons. The summed E-state index contributed by atoms with van der Waals surface area (Å²) in [5.41, 5.74) is 0. The van der Waals surface area contributed by atoms with Gasteiger partial charge in [-0.25, -0.2) is 0 Å². The van der Waals surface area contributed by atoms with Crippen LogP contribution in [0, 0.1) is 0 Å². The van der Waals surface area contributed by atoms with Gasteiger partial charge in [0.05, 0.1) is 13.2 Å². The van der Waals surface area contributed by atoms with Crippen LogP contribution in [-0.2, 0) is 4.74 Å². The number of thioether (sulfide) groups is 1. The highest BCUT2D eigenvalue weighted by molar-refractivity contribution is 8.00. The van der Waals surface area contributed by atoms with Crippen LogP contribution in [-0.4, -0.2) is 60.8 Å². The molecule has 1 saturated heterocycles. The lowest BCUT2D eigenvalue weighted by molar-refractivity contribution is 0.138. The maximum absolute atomic E-state index is 5.57. The molecule has 1 heterocycles. The van der Waals surface area contributed by atoms with Gasteiger partial charge in [0.15, 0.2) is 5.96 Å². The Morgan fingerprint density at radius 2 is 2.15 bits per heavy atom. The molecule has 5 heteroatoms. The smallest absolute Gasteiger partial charge is 0.194 e. The molecule has 0 atom stereocenters. The molecule has 0 aromatic heterocycles. The molecular formula is C15H31N3OS. The van der Waals surface area contributed by atoms with Crippen molar-refractivity contribution in [3.8, 4) is 0 Å². The zero-order valence-electron chi connectivity index (χ0n) is 13.6. The molecule has 0 unspecified atom stereocenters. The lowest BCUT2D eigenvalue weighted by atomic mass is 10.2. The molecule has 0 bridgehead atoms. The zero-order valence-corrected chi connectivity index (χ0v) is 14.4. The van der Waals surface area contributed by atoms with E-state index in [1.54, 1.807) is 0 Å². The predicted molar refractivity (Wildman–Crippen MR) is 89.8 cm³/mol. The van der Waals surface area contributed by atoms with E-state index in [0.29, 0.717) is 4.75 Å². The third-order valence-corrected chi connectivity index (χ3v) is 4.50. The third kappa shape index (κ3) is 6.84. The monoisotopic (exact) mass is 301 g/mol. The SMILES string of the molecule is CCCCOCCN=C(NCC)N1CCSC(C)(C)C1. The predicted octanol–water partition coefficient (Wildman–Crippen LogP) is 2.60. The van der Waals surface area contributed by atoms with Gasteiger partial charge in [-0.05, 0) is 27.2 Å². The second-order valence-electron chi connectivity index (χ2n) is 5.73. The number of rotatable bonds is 7. The van der Waals surface area contributed by atoms with Crippen molar-refractivity contribution in [1.29, 1.82) is 0 Å². The van der Waals surface area contributed by atoms with Crippen molar-refractivity contribution in [3.05, 3.63) is 0 Å². The summed E-state index contributed by atoms with van der Waals surface area (Å²) >= 11 is 2.05. The molecule has 1 rings (SSSR count). The second kappa shape index (κ2) is 9.50. The molecule has 1 aliphatic rings.